The van der Waals surface area contributed by atoms with Crippen LogP contribution >= 0.6 is 7.82 Å². The first kappa shape index (κ1) is 32.7. The lowest BCUT2D eigenvalue weighted by Gasteiger charge is -2.29. The van der Waals surface area contributed by atoms with E-state index in [1.54, 1.807) is 21.0 Å². The highest BCUT2D eigenvalue weighted by molar-refractivity contribution is 7.48. The maximum absolute atomic E-state index is 13.6. The first-order chi connectivity index (χ1) is 21.1. The fraction of sp³-hybridized carbons (Fsp3) is 0.438. The number of aliphatic hydroxyl groups is 2. The van der Waals surface area contributed by atoms with E-state index < -0.39 is 57.0 Å². The zero-order chi connectivity index (χ0) is 31.2. The Hall–Kier alpha value is -2.67. The lowest BCUT2D eigenvalue weighted by Crippen LogP contribution is -2.46. The average Bonchev–Trinajstić information content (AvgIpc) is 3.54. The number of phosphoric ester groups is 1. The number of phosphoric acid groups is 1. The van der Waals surface area contributed by atoms with Gasteiger partial charge >= 0.3 is 7.82 Å². The molecule has 5 rings (SSSR count). The van der Waals surface area contributed by atoms with Gasteiger partial charge in [-0.3, -0.25) is 13.6 Å². The van der Waals surface area contributed by atoms with E-state index in [1.165, 1.54) is 0 Å². The molecule has 2 unspecified atom stereocenters. The zero-order valence-electron chi connectivity index (χ0n) is 24.9. The molecule has 0 saturated carbocycles. The van der Waals surface area contributed by atoms with Crippen molar-refractivity contribution in [3.8, 4) is 5.75 Å². The minimum atomic E-state index is -4.18. The van der Waals surface area contributed by atoms with Gasteiger partial charge in [0.05, 0.1) is 33.5 Å². The Morgan fingerprint density at radius 3 is 1.89 bits per heavy atom. The summed E-state index contributed by atoms with van der Waals surface area (Å²) in [7, 11) is -2.59. The van der Waals surface area contributed by atoms with Crippen LogP contribution in [0.4, 0.5) is 0 Å². The van der Waals surface area contributed by atoms with Crippen molar-refractivity contribution >= 4 is 7.82 Å². The van der Waals surface area contributed by atoms with Crippen molar-refractivity contribution in [3.63, 3.8) is 0 Å². The highest BCUT2D eigenvalue weighted by Gasteiger charge is 2.58. The molecule has 0 spiro atoms. The van der Waals surface area contributed by atoms with E-state index >= 15 is 0 Å². The van der Waals surface area contributed by atoms with Crippen LogP contribution in [0.5, 0.6) is 5.75 Å². The summed E-state index contributed by atoms with van der Waals surface area (Å²) < 4.78 is 59.7. The van der Waals surface area contributed by atoms with Crippen LogP contribution in [0.3, 0.4) is 0 Å². The second-order valence-electron chi connectivity index (χ2n) is 11.0. The highest BCUT2D eigenvalue weighted by atomic mass is 31.2. The molecule has 12 heteroatoms. The van der Waals surface area contributed by atoms with Gasteiger partial charge in [-0.05, 0) is 42.7 Å². The van der Waals surface area contributed by atoms with Gasteiger partial charge in [0.25, 0.3) is 0 Å². The third kappa shape index (κ3) is 8.52. The van der Waals surface area contributed by atoms with Crippen LogP contribution < -0.4 is 4.74 Å². The van der Waals surface area contributed by atoms with Crippen molar-refractivity contribution in [1.82, 2.24) is 0 Å². The van der Waals surface area contributed by atoms with Gasteiger partial charge in [0, 0.05) is 0 Å². The molecule has 238 valence electrons. The normalized spacial score (nSPS) is 24.1. The molecule has 3 aromatic rings. The van der Waals surface area contributed by atoms with E-state index in [-0.39, 0.29) is 19.8 Å². The molecule has 0 radical (unpaired) electrons. The van der Waals surface area contributed by atoms with E-state index in [1.807, 2.05) is 84.9 Å². The number of fused-ring (bicyclic) bond motifs is 1. The molecular formula is C32H39O11P. The quantitative estimate of drug-likeness (QED) is 0.226. The number of benzene rings is 3. The fourth-order valence-corrected chi connectivity index (χ4v) is 6.13. The van der Waals surface area contributed by atoms with Crippen LogP contribution in [-0.4, -0.2) is 66.5 Å². The monoisotopic (exact) mass is 630 g/mol. The summed E-state index contributed by atoms with van der Waals surface area (Å²) >= 11 is 0. The number of aliphatic hydroxyl groups excluding tert-OH is 2. The van der Waals surface area contributed by atoms with Crippen molar-refractivity contribution < 1.29 is 52.0 Å². The van der Waals surface area contributed by atoms with Crippen molar-refractivity contribution in [2.24, 2.45) is 0 Å². The van der Waals surface area contributed by atoms with Crippen LogP contribution in [0.2, 0.25) is 0 Å². The van der Waals surface area contributed by atoms with Crippen molar-refractivity contribution in [1.29, 1.82) is 0 Å². The lowest BCUT2D eigenvalue weighted by molar-refractivity contribution is -0.251. The SMILES string of the molecule is COc1ccc(COC2OC([C@H](O)[C@H](O)COP(=O)(OCc3ccccc3)OCc3ccccc3)[C@H]3OC(C)(C)O[C@@H]23)cc1. The van der Waals surface area contributed by atoms with Crippen molar-refractivity contribution in [2.75, 3.05) is 13.7 Å². The Balaban J connectivity index is 1.22. The minimum Gasteiger partial charge on any atom is -0.497 e. The van der Waals surface area contributed by atoms with Gasteiger partial charge in [0.15, 0.2) is 12.1 Å². The van der Waals surface area contributed by atoms with Crippen LogP contribution in [0, 0.1) is 0 Å². The summed E-state index contributed by atoms with van der Waals surface area (Å²) in [6.45, 7) is 3.04. The molecule has 2 aliphatic rings. The maximum Gasteiger partial charge on any atom is 0.475 e. The van der Waals surface area contributed by atoms with Gasteiger partial charge in [0.1, 0.15) is 36.3 Å². The summed E-state index contributed by atoms with van der Waals surface area (Å²) in [4.78, 5) is 0. The summed E-state index contributed by atoms with van der Waals surface area (Å²) in [5.74, 6) is -0.243. The van der Waals surface area contributed by atoms with E-state index in [0.717, 1.165) is 22.4 Å². The Kier molecular flexibility index (Phi) is 10.9. The van der Waals surface area contributed by atoms with E-state index in [0.29, 0.717) is 0 Å². The zero-order valence-corrected chi connectivity index (χ0v) is 25.8. The summed E-state index contributed by atoms with van der Waals surface area (Å²) in [6.07, 6.45) is -6.37. The number of hydrogen-bond acceptors (Lipinski definition) is 11. The lowest BCUT2D eigenvalue weighted by atomic mass is 10.0. The molecule has 2 saturated heterocycles. The van der Waals surface area contributed by atoms with Crippen LogP contribution in [-0.2, 0) is 56.9 Å². The first-order valence-corrected chi connectivity index (χ1v) is 15.8. The summed E-state index contributed by atoms with van der Waals surface area (Å²) in [5.41, 5.74) is 2.39. The van der Waals surface area contributed by atoms with Crippen LogP contribution in [0.15, 0.2) is 84.9 Å². The third-order valence-electron chi connectivity index (χ3n) is 7.22. The topological polar surface area (TPSA) is 131 Å². The Bertz CT molecular complexity index is 1310. The van der Waals surface area contributed by atoms with Crippen LogP contribution in [0.1, 0.15) is 30.5 Å². The first-order valence-electron chi connectivity index (χ1n) is 14.4. The second-order valence-corrected chi connectivity index (χ2v) is 12.7. The molecule has 2 heterocycles. The fourth-order valence-electron chi connectivity index (χ4n) is 4.95. The molecule has 0 aromatic heterocycles. The molecule has 0 bridgehead atoms. The number of rotatable bonds is 15. The third-order valence-corrected chi connectivity index (χ3v) is 8.57. The standard InChI is InChI=1S/C32H39O11P/c1-32(2)42-29-28(41-31(30(29)43-32)37-18-24-14-16-25(36-3)17-15-24)27(34)26(33)21-40-44(35,38-19-22-10-6-4-7-11-22)39-20-23-12-8-5-9-13-23/h4-17,26-31,33-34H,18-21H2,1-3H3/t26-,27-,28?,29-,30-,31?/m1/s1. The number of hydrogen-bond donors (Lipinski definition) is 2. The molecule has 2 aliphatic heterocycles. The largest absolute Gasteiger partial charge is 0.497 e. The Labute approximate surface area is 257 Å². The maximum atomic E-state index is 13.6. The van der Waals surface area contributed by atoms with E-state index in [9.17, 15) is 14.8 Å². The molecule has 11 nitrogen and oxygen atoms in total. The second kappa shape index (κ2) is 14.6. The number of ether oxygens (including phenoxy) is 5. The predicted octanol–water partition coefficient (Wildman–Crippen LogP) is 4.74. The molecule has 2 N–H and O–H groups in total. The molecular weight excluding hydrogens is 591 g/mol. The van der Waals surface area contributed by atoms with Crippen LogP contribution in [0.25, 0.3) is 0 Å². The number of methoxy groups -OCH3 is 1. The van der Waals surface area contributed by atoms with Crippen molar-refractivity contribution in [2.45, 2.75) is 76.3 Å². The Morgan fingerprint density at radius 2 is 1.32 bits per heavy atom. The van der Waals surface area contributed by atoms with Gasteiger partial charge in [0.2, 0.25) is 0 Å². The molecule has 2 fully saturated rings. The average molecular weight is 631 g/mol. The molecule has 6 atom stereocenters. The van der Waals surface area contributed by atoms with Gasteiger partial charge in [-0.15, -0.1) is 0 Å². The molecule has 3 aromatic carbocycles. The minimum absolute atomic E-state index is 0.0471. The van der Waals surface area contributed by atoms with E-state index in [2.05, 4.69) is 0 Å². The van der Waals surface area contributed by atoms with Crippen molar-refractivity contribution in [3.05, 3.63) is 102 Å². The van der Waals surface area contributed by atoms with Gasteiger partial charge in [-0.2, -0.15) is 0 Å². The van der Waals surface area contributed by atoms with Gasteiger partial charge < -0.3 is 33.9 Å². The highest BCUT2D eigenvalue weighted by Crippen LogP contribution is 2.51. The predicted molar refractivity (Wildman–Crippen MR) is 158 cm³/mol. The Morgan fingerprint density at radius 1 is 0.773 bits per heavy atom. The van der Waals surface area contributed by atoms with Gasteiger partial charge in [-0.25, -0.2) is 4.57 Å². The molecule has 44 heavy (non-hydrogen) atoms. The smallest absolute Gasteiger partial charge is 0.475 e. The van der Waals surface area contributed by atoms with Gasteiger partial charge in [-0.1, -0.05) is 72.8 Å². The van der Waals surface area contributed by atoms with E-state index in [4.69, 9.17) is 37.3 Å². The molecule has 0 aliphatic carbocycles. The summed E-state index contributed by atoms with van der Waals surface area (Å²) in [6, 6.07) is 25.7. The summed E-state index contributed by atoms with van der Waals surface area (Å²) in [5, 5.41) is 22.1. The molecule has 0 amide bonds.